The van der Waals surface area contributed by atoms with E-state index in [2.05, 4.69) is 25.8 Å². The number of hydrogen-bond donors (Lipinski definition) is 1. The van der Waals surface area contributed by atoms with Crippen molar-refractivity contribution in [2.45, 2.75) is 5.16 Å². The summed E-state index contributed by atoms with van der Waals surface area (Å²) in [6.07, 6.45) is 4.87. The minimum absolute atomic E-state index is 0.0905. The average molecular weight is 468 g/mol. The summed E-state index contributed by atoms with van der Waals surface area (Å²) in [5.74, 6) is -0.541. The number of thioether (sulfide) groups is 2. The Bertz CT molecular complexity index is 1150. The largest absolute Gasteiger partial charge is 0.354 e. The highest BCUT2D eigenvalue weighted by Crippen LogP contribution is 2.31. The first kappa shape index (κ1) is 21.7. The van der Waals surface area contributed by atoms with Crippen LogP contribution in [0.15, 0.2) is 64.9 Å². The van der Waals surface area contributed by atoms with Crippen molar-refractivity contribution < 1.29 is 14.4 Å². The van der Waals surface area contributed by atoms with Gasteiger partial charge < -0.3 is 5.32 Å². The summed E-state index contributed by atoms with van der Waals surface area (Å²) >= 11 is 2.06. The molecule has 2 aromatic heterocycles. The molecule has 0 aliphatic carbocycles. The van der Waals surface area contributed by atoms with E-state index in [0.717, 1.165) is 27.9 Å². The van der Waals surface area contributed by atoms with Gasteiger partial charge in [-0.25, -0.2) is 0 Å². The van der Waals surface area contributed by atoms with Crippen LogP contribution in [0.5, 0.6) is 0 Å². The first-order valence-electron chi connectivity index (χ1n) is 9.50. The van der Waals surface area contributed by atoms with E-state index in [1.165, 1.54) is 11.8 Å². The predicted octanol–water partition coefficient (Wildman–Crippen LogP) is 2.00. The van der Waals surface area contributed by atoms with Gasteiger partial charge in [-0.05, 0) is 52.0 Å². The van der Waals surface area contributed by atoms with Crippen LogP contribution in [0.2, 0.25) is 0 Å². The minimum atomic E-state index is -0.380. The second kappa shape index (κ2) is 10.2. The molecule has 3 aromatic rings. The van der Waals surface area contributed by atoms with E-state index in [1.54, 1.807) is 35.3 Å². The fourth-order valence-corrected chi connectivity index (χ4v) is 4.38. The number of amides is 3. The van der Waals surface area contributed by atoms with Gasteiger partial charge in [-0.15, -0.1) is 5.10 Å². The summed E-state index contributed by atoms with van der Waals surface area (Å²) < 4.78 is 1.55. The van der Waals surface area contributed by atoms with E-state index in [4.69, 9.17) is 0 Å². The van der Waals surface area contributed by atoms with Crippen molar-refractivity contribution in [3.8, 4) is 5.69 Å². The fraction of sp³-hybridized carbons (Fsp3) is 0.150. The lowest BCUT2D eigenvalue weighted by molar-refractivity contribution is -0.123. The molecule has 1 N–H and O–H groups in total. The molecule has 1 fully saturated rings. The van der Waals surface area contributed by atoms with Crippen LogP contribution in [0.3, 0.4) is 0 Å². The third-order valence-electron chi connectivity index (χ3n) is 4.29. The highest BCUT2D eigenvalue weighted by atomic mass is 32.2. The van der Waals surface area contributed by atoms with Crippen molar-refractivity contribution in [1.29, 1.82) is 0 Å². The van der Waals surface area contributed by atoms with E-state index in [0.29, 0.717) is 10.1 Å². The lowest BCUT2D eigenvalue weighted by atomic mass is 10.2. The van der Waals surface area contributed by atoms with Gasteiger partial charge in [0.1, 0.15) is 0 Å². The van der Waals surface area contributed by atoms with Crippen molar-refractivity contribution in [3.05, 3.63) is 65.3 Å². The highest BCUT2D eigenvalue weighted by Gasteiger charge is 2.34. The lowest BCUT2D eigenvalue weighted by Crippen LogP contribution is -2.37. The number of nitrogens with zero attached hydrogens (tertiary/aromatic N) is 6. The molecule has 32 heavy (non-hydrogen) atoms. The molecular weight excluding hydrogens is 450 g/mol. The molecule has 3 heterocycles. The van der Waals surface area contributed by atoms with Crippen LogP contribution in [-0.2, 0) is 9.59 Å². The number of nitrogens with one attached hydrogen (secondary N) is 1. The number of aromatic nitrogens is 5. The second-order valence-corrected chi connectivity index (χ2v) is 8.40. The van der Waals surface area contributed by atoms with E-state index < -0.39 is 0 Å². The van der Waals surface area contributed by atoms with Gasteiger partial charge in [0.25, 0.3) is 11.1 Å². The SMILES string of the molecule is O=C(CSc1nnnn1-c1ccccc1)NCCN1C(=O)S/C(=C\c2cccnc2)C1=O. The number of carbonyl (C=O) groups excluding carboxylic acids is 3. The number of carbonyl (C=O) groups is 3. The molecule has 12 heteroatoms. The van der Waals surface area contributed by atoms with Gasteiger partial charge in [0.15, 0.2) is 0 Å². The summed E-state index contributed by atoms with van der Waals surface area (Å²) in [7, 11) is 0. The van der Waals surface area contributed by atoms with Gasteiger partial charge in [-0.2, -0.15) is 4.68 Å². The maximum absolute atomic E-state index is 12.5. The third kappa shape index (κ3) is 5.21. The number of hydrogen-bond acceptors (Lipinski definition) is 9. The van der Waals surface area contributed by atoms with Crippen molar-refractivity contribution in [2.24, 2.45) is 0 Å². The second-order valence-electron chi connectivity index (χ2n) is 6.47. The van der Waals surface area contributed by atoms with Crippen LogP contribution in [0.1, 0.15) is 5.56 Å². The van der Waals surface area contributed by atoms with Gasteiger partial charge in [-0.3, -0.25) is 24.3 Å². The van der Waals surface area contributed by atoms with Crippen LogP contribution >= 0.6 is 23.5 Å². The molecule has 0 unspecified atom stereocenters. The van der Waals surface area contributed by atoms with Crippen LogP contribution in [-0.4, -0.2) is 66.0 Å². The van der Waals surface area contributed by atoms with Crippen LogP contribution in [0.4, 0.5) is 4.79 Å². The average Bonchev–Trinajstić information content (AvgIpc) is 3.39. The zero-order valence-corrected chi connectivity index (χ0v) is 18.3. The predicted molar refractivity (Wildman–Crippen MR) is 120 cm³/mol. The van der Waals surface area contributed by atoms with Crippen LogP contribution in [0, 0.1) is 0 Å². The summed E-state index contributed by atoms with van der Waals surface area (Å²) in [6, 6.07) is 12.9. The molecule has 0 spiro atoms. The van der Waals surface area contributed by atoms with E-state index in [9.17, 15) is 14.4 Å². The molecule has 1 aliphatic rings. The molecule has 3 amide bonds. The molecule has 162 valence electrons. The Hall–Kier alpha value is -3.51. The van der Waals surface area contributed by atoms with Crippen molar-refractivity contribution in [3.63, 3.8) is 0 Å². The zero-order valence-electron chi connectivity index (χ0n) is 16.6. The number of pyridine rings is 1. The van der Waals surface area contributed by atoms with Crippen LogP contribution < -0.4 is 5.32 Å². The molecule has 1 saturated heterocycles. The lowest BCUT2D eigenvalue weighted by Gasteiger charge is -2.12. The van der Waals surface area contributed by atoms with Crippen molar-refractivity contribution in [1.82, 2.24) is 35.4 Å². The Balaban J connectivity index is 1.26. The van der Waals surface area contributed by atoms with Gasteiger partial charge in [0, 0.05) is 25.5 Å². The third-order valence-corrected chi connectivity index (χ3v) is 6.11. The molecule has 1 aromatic carbocycles. The number of rotatable bonds is 8. The van der Waals surface area contributed by atoms with Gasteiger partial charge in [0.05, 0.1) is 16.3 Å². The Kier molecular flexibility index (Phi) is 6.92. The summed E-state index contributed by atoms with van der Waals surface area (Å²) in [5.41, 5.74) is 1.53. The number of imide groups is 1. The van der Waals surface area contributed by atoms with Crippen molar-refractivity contribution >= 4 is 46.7 Å². The maximum atomic E-state index is 12.5. The summed E-state index contributed by atoms with van der Waals surface area (Å²) in [5, 5.41) is 14.4. The number of benzene rings is 1. The molecular formula is C20H17N7O3S2. The summed E-state index contributed by atoms with van der Waals surface area (Å²) in [4.78, 5) is 42.3. The molecule has 0 atom stereocenters. The zero-order chi connectivity index (χ0) is 22.3. The minimum Gasteiger partial charge on any atom is -0.354 e. The molecule has 0 radical (unpaired) electrons. The maximum Gasteiger partial charge on any atom is 0.293 e. The number of tetrazole rings is 1. The standard InChI is InChI=1S/C20H17N7O3S2/c28-17(13-31-19-23-24-25-27(19)15-6-2-1-3-7-15)22-9-10-26-18(29)16(32-20(26)30)11-14-5-4-8-21-12-14/h1-8,11-12H,9-10,13H2,(H,22,28)/b16-11-. The fourth-order valence-electron chi connectivity index (χ4n) is 2.79. The topological polar surface area (TPSA) is 123 Å². The quantitative estimate of drug-likeness (QED) is 0.391. The van der Waals surface area contributed by atoms with E-state index in [-0.39, 0.29) is 35.9 Å². The van der Waals surface area contributed by atoms with E-state index in [1.807, 2.05) is 30.3 Å². The highest BCUT2D eigenvalue weighted by molar-refractivity contribution is 8.18. The summed E-state index contributed by atoms with van der Waals surface area (Å²) in [6.45, 7) is 0.244. The molecule has 10 nitrogen and oxygen atoms in total. The van der Waals surface area contributed by atoms with Crippen molar-refractivity contribution in [2.75, 3.05) is 18.8 Å². The number of para-hydroxylation sites is 1. The van der Waals surface area contributed by atoms with Gasteiger partial charge >= 0.3 is 0 Å². The first-order valence-corrected chi connectivity index (χ1v) is 11.3. The Labute approximate surface area is 191 Å². The Morgan fingerprint density at radius 3 is 2.78 bits per heavy atom. The Morgan fingerprint density at radius 1 is 1.16 bits per heavy atom. The monoisotopic (exact) mass is 467 g/mol. The molecule has 0 saturated carbocycles. The Morgan fingerprint density at radius 2 is 2.00 bits per heavy atom. The normalized spacial score (nSPS) is 14.9. The molecule has 0 bridgehead atoms. The first-order chi connectivity index (χ1) is 15.6. The molecule has 4 rings (SSSR count). The van der Waals surface area contributed by atoms with Crippen LogP contribution in [0.25, 0.3) is 11.8 Å². The smallest absolute Gasteiger partial charge is 0.293 e. The van der Waals surface area contributed by atoms with E-state index >= 15 is 0 Å². The molecule has 1 aliphatic heterocycles. The van der Waals surface area contributed by atoms with Gasteiger partial charge in [0.2, 0.25) is 11.1 Å². The van der Waals surface area contributed by atoms with Gasteiger partial charge in [-0.1, -0.05) is 36.0 Å².